The molecule has 2 aromatic rings. The number of carbonyl (C=O) groups is 5. The SMILES string of the molecule is CC(C)[C@@H]1NC(=O)C[C@@H](C(=O)NCCCN2CCCCCC2)NC(=O)c2ccccc2OCCCNC(=O)[C@H](Cc2ccccc2)NC1=O. The van der Waals surface area contributed by atoms with Crippen LogP contribution in [0.5, 0.6) is 5.75 Å². The Labute approximate surface area is 289 Å². The number of ether oxygens (including phenoxy) is 1. The lowest BCUT2D eigenvalue weighted by molar-refractivity contribution is -0.133. The van der Waals surface area contributed by atoms with Crippen LogP contribution in [0.1, 0.15) is 74.7 Å². The standard InChI is InChI=1S/C37H52N6O6/c1-26(2)33-37(48)41-29(24-27-14-6-5-7-15-27)35(46)39-19-13-23-49-31-17-9-8-16-28(31)34(45)40-30(25-32(44)42-33)36(47)38-18-12-22-43-20-10-3-4-11-21-43/h5-9,14-17,26,29-30,33H,3-4,10-13,18-25H2,1-2H3,(H,38,47)(H,39,46)(H,40,45)(H,41,48)(H,42,44)/t29-,30-,33-/m0/s1. The summed E-state index contributed by atoms with van der Waals surface area (Å²) in [5.74, 6) is -2.53. The molecule has 0 spiro atoms. The highest BCUT2D eigenvalue weighted by atomic mass is 16.5. The van der Waals surface area contributed by atoms with Crippen LogP contribution in [-0.2, 0) is 25.6 Å². The Balaban J connectivity index is 1.52. The molecule has 266 valence electrons. The average Bonchev–Trinajstić information content (AvgIpc) is 3.37. The zero-order valence-corrected chi connectivity index (χ0v) is 28.8. The number of fused-ring (bicyclic) bond motifs is 1. The topological polar surface area (TPSA) is 158 Å². The van der Waals surface area contributed by atoms with Gasteiger partial charge in [-0.05, 0) is 68.9 Å². The molecular formula is C37H52N6O6. The summed E-state index contributed by atoms with van der Waals surface area (Å²) in [5.41, 5.74) is 1.08. The molecule has 3 atom stereocenters. The molecule has 2 aliphatic rings. The van der Waals surface area contributed by atoms with Crippen molar-refractivity contribution in [2.24, 2.45) is 5.92 Å². The maximum Gasteiger partial charge on any atom is 0.255 e. The van der Waals surface area contributed by atoms with Crippen molar-refractivity contribution < 1.29 is 28.7 Å². The van der Waals surface area contributed by atoms with E-state index in [1.807, 2.05) is 30.3 Å². The molecule has 12 nitrogen and oxygen atoms in total. The minimum Gasteiger partial charge on any atom is -0.493 e. The van der Waals surface area contributed by atoms with Gasteiger partial charge in [0.15, 0.2) is 0 Å². The van der Waals surface area contributed by atoms with E-state index in [2.05, 4.69) is 31.5 Å². The third-order valence-corrected chi connectivity index (χ3v) is 8.85. The first-order valence-electron chi connectivity index (χ1n) is 17.7. The Hall–Kier alpha value is -4.45. The van der Waals surface area contributed by atoms with Crippen molar-refractivity contribution in [2.45, 2.75) is 83.3 Å². The van der Waals surface area contributed by atoms with E-state index in [1.54, 1.807) is 38.1 Å². The molecule has 0 unspecified atom stereocenters. The number of hydrogen-bond donors (Lipinski definition) is 5. The number of hydrogen-bond acceptors (Lipinski definition) is 7. The zero-order valence-electron chi connectivity index (χ0n) is 28.8. The van der Waals surface area contributed by atoms with Crippen LogP contribution in [0, 0.1) is 5.92 Å². The highest BCUT2D eigenvalue weighted by molar-refractivity contribution is 6.01. The van der Waals surface area contributed by atoms with E-state index < -0.39 is 48.2 Å². The van der Waals surface area contributed by atoms with Gasteiger partial charge in [-0.25, -0.2) is 0 Å². The van der Waals surface area contributed by atoms with Crippen molar-refractivity contribution in [3.63, 3.8) is 0 Å². The second-order valence-electron chi connectivity index (χ2n) is 13.2. The Kier molecular flexibility index (Phi) is 14.9. The van der Waals surface area contributed by atoms with Crippen LogP contribution in [0.2, 0.25) is 0 Å². The quantitative estimate of drug-likeness (QED) is 0.269. The summed E-state index contributed by atoms with van der Waals surface area (Å²) in [5, 5.41) is 14.1. The van der Waals surface area contributed by atoms with E-state index in [9.17, 15) is 24.0 Å². The molecule has 12 heteroatoms. The van der Waals surface area contributed by atoms with E-state index >= 15 is 0 Å². The normalized spacial score (nSPS) is 22.1. The number of carbonyl (C=O) groups excluding carboxylic acids is 5. The minimum absolute atomic E-state index is 0.207. The molecule has 4 rings (SSSR count). The average molecular weight is 677 g/mol. The Morgan fingerprint density at radius 3 is 2.33 bits per heavy atom. The molecule has 2 aromatic carbocycles. The first kappa shape index (κ1) is 37.4. The molecule has 5 amide bonds. The van der Waals surface area contributed by atoms with Gasteiger partial charge in [-0.1, -0.05) is 69.2 Å². The molecule has 0 aromatic heterocycles. The molecule has 1 saturated heterocycles. The minimum atomic E-state index is -1.20. The first-order valence-corrected chi connectivity index (χ1v) is 17.7. The van der Waals surface area contributed by atoms with Crippen molar-refractivity contribution in [1.82, 2.24) is 31.5 Å². The fourth-order valence-electron chi connectivity index (χ4n) is 6.08. The second-order valence-corrected chi connectivity index (χ2v) is 13.2. The summed E-state index contributed by atoms with van der Waals surface area (Å²) in [7, 11) is 0. The van der Waals surface area contributed by atoms with Crippen molar-refractivity contribution >= 4 is 29.5 Å². The zero-order chi connectivity index (χ0) is 35.0. The fraction of sp³-hybridized carbons (Fsp3) is 0.541. The maximum atomic E-state index is 13.6. The van der Waals surface area contributed by atoms with Crippen LogP contribution in [0.3, 0.4) is 0 Å². The lowest BCUT2D eigenvalue weighted by atomic mass is 10.0. The third kappa shape index (κ3) is 12.2. The molecule has 0 bridgehead atoms. The highest BCUT2D eigenvalue weighted by Gasteiger charge is 2.31. The molecule has 0 saturated carbocycles. The second kappa shape index (κ2) is 19.5. The van der Waals surface area contributed by atoms with Gasteiger partial charge in [-0.3, -0.25) is 24.0 Å². The summed E-state index contributed by atoms with van der Waals surface area (Å²) in [6.07, 6.45) is 5.89. The molecular weight excluding hydrogens is 624 g/mol. The van der Waals surface area contributed by atoms with E-state index in [1.165, 1.54) is 25.7 Å². The van der Waals surface area contributed by atoms with E-state index in [0.29, 0.717) is 18.7 Å². The maximum absolute atomic E-state index is 13.6. The van der Waals surface area contributed by atoms with Gasteiger partial charge >= 0.3 is 0 Å². The van der Waals surface area contributed by atoms with Crippen LogP contribution < -0.4 is 31.3 Å². The van der Waals surface area contributed by atoms with Crippen LogP contribution in [-0.4, -0.2) is 91.9 Å². The summed E-state index contributed by atoms with van der Waals surface area (Å²) < 4.78 is 5.92. The number of likely N-dealkylation sites (tertiary alicyclic amines) is 1. The molecule has 0 aliphatic carbocycles. The van der Waals surface area contributed by atoms with Crippen molar-refractivity contribution in [2.75, 3.05) is 39.3 Å². The first-order chi connectivity index (χ1) is 23.7. The van der Waals surface area contributed by atoms with Gasteiger partial charge in [0.05, 0.1) is 18.6 Å². The predicted molar refractivity (Wildman–Crippen MR) is 187 cm³/mol. The van der Waals surface area contributed by atoms with Gasteiger partial charge in [-0.15, -0.1) is 0 Å². The summed E-state index contributed by atoms with van der Waals surface area (Å²) in [4.78, 5) is 69.8. The van der Waals surface area contributed by atoms with Crippen LogP contribution in [0.4, 0.5) is 0 Å². The largest absolute Gasteiger partial charge is 0.493 e. The van der Waals surface area contributed by atoms with Crippen molar-refractivity contribution in [3.05, 3.63) is 65.7 Å². The van der Waals surface area contributed by atoms with Crippen LogP contribution in [0.15, 0.2) is 54.6 Å². The summed E-state index contributed by atoms with van der Waals surface area (Å²) in [6, 6.07) is 13.0. The van der Waals surface area contributed by atoms with E-state index in [4.69, 9.17) is 4.74 Å². The number of benzene rings is 2. The van der Waals surface area contributed by atoms with Gasteiger partial charge in [0.2, 0.25) is 23.6 Å². The summed E-state index contributed by atoms with van der Waals surface area (Å²) >= 11 is 0. The van der Waals surface area contributed by atoms with Crippen LogP contribution >= 0.6 is 0 Å². The fourth-order valence-corrected chi connectivity index (χ4v) is 6.08. The number of amides is 5. The van der Waals surface area contributed by atoms with Gasteiger partial charge in [0.25, 0.3) is 5.91 Å². The molecule has 2 heterocycles. The molecule has 49 heavy (non-hydrogen) atoms. The van der Waals surface area contributed by atoms with Crippen molar-refractivity contribution in [1.29, 1.82) is 0 Å². The number of nitrogens with zero attached hydrogens (tertiary/aromatic N) is 1. The molecule has 2 aliphatic heterocycles. The van der Waals surface area contributed by atoms with E-state index in [-0.39, 0.29) is 37.0 Å². The number of para-hydroxylation sites is 1. The summed E-state index contributed by atoms with van der Waals surface area (Å²) in [6.45, 7) is 7.42. The molecule has 5 N–H and O–H groups in total. The van der Waals surface area contributed by atoms with Crippen LogP contribution in [0.25, 0.3) is 0 Å². The van der Waals surface area contributed by atoms with Gasteiger partial charge in [-0.2, -0.15) is 0 Å². The molecule has 0 radical (unpaired) electrons. The van der Waals surface area contributed by atoms with Gasteiger partial charge in [0.1, 0.15) is 23.9 Å². The lowest BCUT2D eigenvalue weighted by Gasteiger charge is -2.26. The smallest absolute Gasteiger partial charge is 0.255 e. The van der Waals surface area contributed by atoms with E-state index in [0.717, 1.165) is 31.6 Å². The van der Waals surface area contributed by atoms with Gasteiger partial charge in [0, 0.05) is 19.5 Å². The third-order valence-electron chi connectivity index (χ3n) is 8.85. The van der Waals surface area contributed by atoms with Crippen molar-refractivity contribution in [3.8, 4) is 5.75 Å². The Morgan fingerprint density at radius 1 is 0.878 bits per heavy atom. The monoisotopic (exact) mass is 676 g/mol. The molecule has 1 fully saturated rings. The number of nitrogens with one attached hydrogen (secondary N) is 5. The van der Waals surface area contributed by atoms with Gasteiger partial charge < -0.3 is 36.2 Å². The Bertz CT molecular complexity index is 1390. The number of rotatable bonds is 8. The Morgan fingerprint density at radius 2 is 1.59 bits per heavy atom. The highest BCUT2D eigenvalue weighted by Crippen LogP contribution is 2.19. The lowest BCUT2D eigenvalue weighted by Crippen LogP contribution is -2.57. The predicted octanol–water partition coefficient (Wildman–Crippen LogP) is 2.32.